The molecule has 1 N–H and O–H groups in total. The van der Waals surface area contributed by atoms with Crippen molar-refractivity contribution in [2.45, 2.75) is 46.4 Å². The highest BCUT2D eigenvalue weighted by Crippen LogP contribution is 2.31. The second-order valence-electron chi connectivity index (χ2n) is 9.34. The molecule has 0 aliphatic carbocycles. The summed E-state index contributed by atoms with van der Waals surface area (Å²) in [7, 11) is 1.87. The number of nitrogens with zero attached hydrogens (tertiary/aromatic N) is 8. The van der Waals surface area contributed by atoms with Gasteiger partial charge in [0, 0.05) is 26.3 Å². The van der Waals surface area contributed by atoms with Gasteiger partial charge in [-0.3, -0.25) is 19.0 Å². The highest BCUT2D eigenvalue weighted by molar-refractivity contribution is 5.73. The minimum absolute atomic E-state index is 0.0288. The van der Waals surface area contributed by atoms with E-state index in [1.165, 1.54) is 0 Å². The lowest BCUT2D eigenvalue weighted by atomic mass is 10.1. The van der Waals surface area contributed by atoms with Gasteiger partial charge in [-0.05, 0) is 39.5 Å². The smallest absolute Gasteiger partial charge is 0.240 e. The molecule has 0 aromatic carbocycles. The van der Waals surface area contributed by atoms with Gasteiger partial charge in [-0.15, -0.1) is 5.10 Å². The van der Waals surface area contributed by atoms with Crippen LogP contribution in [0.5, 0.6) is 11.8 Å². The standard InChI is InChI=1S/C26H34N8O3/c1-6-32-13-18(4)37-26-21(12-29-31(26)5)22-14-33-19(10-27-22)11-28-24(33)9-8-20-23(15-32)34(17(3)16-35)30-25(20)36-7-2/h8-12,14,17-18,35H,6-7,13,15-16H2,1-5H3/b9-8+/t17-,18-/m0/s1. The number of ether oxygens (including phenoxy) is 2. The summed E-state index contributed by atoms with van der Waals surface area (Å²) in [6.45, 7) is 10.6. The van der Waals surface area contributed by atoms with Crippen LogP contribution in [0.4, 0.5) is 0 Å². The number of hydrogen-bond donors (Lipinski definition) is 1. The minimum atomic E-state index is -0.205. The van der Waals surface area contributed by atoms with Crippen molar-refractivity contribution in [3.05, 3.63) is 41.9 Å². The summed E-state index contributed by atoms with van der Waals surface area (Å²) in [5.74, 6) is 1.96. The molecular weight excluding hydrogens is 472 g/mol. The molecule has 196 valence electrons. The van der Waals surface area contributed by atoms with Crippen LogP contribution in [0.1, 0.15) is 50.8 Å². The van der Waals surface area contributed by atoms with Crippen molar-refractivity contribution >= 4 is 17.7 Å². The molecule has 0 unspecified atom stereocenters. The molecule has 4 aromatic heterocycles. The third kappa shape index (κ3) is 4.72. The summed E-state index contributed by atoms with van der Waals surface area (Å²) in [6, 6.07) is -0.205. The van der Waals surface area contributed by atoms with Gasteiger partial charge < -0.3 is 14.6 Å². The fraction of sp³-hybridized carbons (Fsp3) is 0.462. The number of imidazole rings is 1. The molecule has 0 saturated carbocycles. The summed E-state index contributed by atoms with van der Waals surface area (Å²) in [5.41, 5.74) is 4.29. The summed E-state index contributed by atoms with van der Waals surface area (Å²) >= 11 is 0. The van der Waals surface area contributed by atoms with Crippen molar-refractivity contribution in [2.75, 3.05) is 26.3 Å². The average Bonchev–Trinajstić information content (AvgIpc) is 3.57. The molecule has 37 heavy (non-hydrogen) atoms. The Kier molecular flexibility index (Phi) is 6.98. The van der Waals surface area contributed by atoms with Crippen molar-refractivity contribution in [1.82, 2.24) is 38.8 Å². The molecule has 2 bridgehead atoms. The number of rotatable bonds is 5. The van der Waals surface area contributed by atoms with Gasteiger partial charge in [-0.25, -0.2) is 9.67 Å². The lowest BCUT2D eigenvalue weighted by Gasteiger charge is -2.26. The van der Waals surface area contributed by atoms with E-state index in [9.17, 15) is 5.11 Å². The van der Waals surface area contributed by atoms with Crippen LogP contribution in [-0.4, -0.2) is 76.3 Å². The van der Waals surface area contributed by atoms with Crippen molar-refractivity contribution < 1.29 is 14.6 Å². The van der Waals surface area contributed by atoms with Crippen LogP contribution in [0.15, 0.2) is 24.8 Å². The quantitative estimate of drug-likeness (QED) is 0.440. The number of aryl methyl sites for hydroxylation is 1. The van der Waals surface area contributed by atoms with Crippen LogP contribution in [-0.2, 0) is 13.6 Å². The Morgan fingerprint density at radius 2 is 2.00 bits per heavy atom. The van der Waals surface area contributed by atoms with Gasteiger partial charge in [-0.1, -0.05) is 6.92 Å². The molecule has 2 atom stereocenters. The van der Waals surface area contributed by atoms with Gasteiger partial charge >= 0.3 is 0 Å². The zero-order chi connectivity index (χ0) is 26.1. The van der Waals surface area contributed by atoms with E-state index in [0.29, 0.717) is 31.5 Å². The van der Waals surface area contributed by atoms with E-state index in [1.807, 2.05) is 48.3 Å². The number of aliphatic hydroxyl groups excluding tert-OH is 1. The Morgan fingerprint density at radius 1 is 1.19 bits per heavy atom. The van der Waals surface area contributed by atoms with E-state index >= 15 is 0 Å². The molecule has 0 amide bonds. The summed E-state index contributed by atoms with van der Waals surface area (Å²) in [6.07, 6.45) is 11.2. The molecular formula is C26H34N8O3. The highest BCUT2D eigenvalue weighted by atomic mass is 16.5. The average molecular weight is 507 g/mol. The van der Waals surface area contributed by atoms with Gasteiger partial charge in [0.05, 0.1) is 65.9 Å². The molecule has 1 aliphatic heterocycles. The normalized spacial score (nSPS) is 18.1. The van der Waals surface area contributed by atoms with E-state index in [-0.39, 0.29) is 18.8 Å². The first-order chi connectivity index (χ1) is 17.9. The van der Waals surface area contributed by atoms with Crippen LogP contribution in [0.25, 0.3) is 28.9 Å². The van der Waals surface area contributed by atoms with Gasteiger partial charge in [-0.2, -0.15) is 5.10 Å². The van der Waals surface area contributed by atoms with Gasteiger partial charge in [0.25, 0.3) is 0 Å². The molecule has 1 aliphatic rings. The van der Waals surface area contributed by atoms with E-state index < -0.39 is 0 Å². The molecule has 0 fully saturated rings. The zero-order valence-electron chi connectivity index (χ0n) is 22.0. The van der Waals surface area contributed by atoms with Crippen LogP contribution in [0.3, 0.4) is 0 Å². The topological polar surface area (TPSA) is 108 Å². The number of aliphatic hydroxyl groups is 1. The maximum atomic E-state index is 9.97. The Labute approximate surface area is 216 Å². The molecule has 11 nitrogen and oxygen atoms in total. The number of hydrogen-bond acceptors (Lipinski definition) is 8. The molecule has 0 radical (unpaired) electrons. The lowest BCUT2D eigenvalue weighted by molar-refractivity contribution is 0.132. The first-order valence-corrected chi connectivity index (χ1v) is 12.7. The van der Waals surface area contributed by atoms with E-state index in [2.05, 4.69) is 33.8 Å². The Balaban J connectivity index is 1.71. The molecule has 4 aromatic rings. The molecule has 5 heterocycles. The van der Waals surface area contributed by atoms with Gasteiger partial charge in [0.15, 0.2) is 0 Å². The van der Waals surface area contributed by atoms with E-state index in [1.54, 1.807) is 23.3 Å². The minimum Gasteiger partial charge on any atom is -0.476 e. The summed E-state index contributed by atoms with van der Waals surface area (Å²) in [5, 5.41) is 19.2. The lowest BCUT2D eigenvalue weighted by Crippen LogP contribution is -2.35. The first kappa shape index (κ1) is 25.0. The van der Waals surface area contributed by atoms with Crippen LogP contribution in [0.2, 0.25) is 0 Å². The van der Waals surface area contributed by atoms with E-state index in [4.69, 9.17) is 14.6 Å². The molecule has 0 saturated heterocycles. The predicted octanol–water partition coefficient (Wildman–Crippen LogP) is 3.05. The Morgan fingerprint density at radius 3 is 2.76 bits per heavy atom. The second kappa shape index (κ2) is 10.3. The monoisotopic (exact) mass is 506 g/mol. The van der Waals surface area contributed by atoms with Gasteiger partial charge in [0.1, 0.15) is 11.9 Å². The van der Waals surface area contributed by atoms with Crippen LogP contribution < -0.4 is 9.47 Å². The second-order valence-corrected chi connectivity index (χ2v) is 9.34. The van der Waals surface area contributed by atoms with E-state index in [0.717, 1.165) is 40.4 Å². The molecule has 11 heteroatoms. The van der Waals surface area contributed by atoms with Crippen LogP contribution >= 0.6 is 0 Å². The van der Waals surface area contributed by atoms with Crippen molar-refractivity contribution in [3.63, 3.8) is 0 Å². The van der Waals surface area contributed by atoms with Crippen molar-refractivity contribution in [1.29, 1.82) is 0 Å². The van der Waals surface area contributed by atoms with Crippen molar-refractivity contribution in [3.8, 4) is 23.0 Å². The van der Waals surface area contributed by atoms with Gasteiger partial charge in [0.2, 0.25) is 11.8 Å². The molecule has 0 spiro atoms. The third-order valence-electron chi connectivity index (χ3n) is 6.63. The third-order valence-corrected chi connectivity index (χ3v) is 6.63. The molecule has 5 rings (SSSR count). The summed E-state index contributed by atoms with van der Waals surface area (Å²) in [4.78, 5) is 11.6. The van der Waals surface area contributed by atoms with Crippen LogP contribution in [0, 0.1) is 0 Å². The highest BCUT2D eigenvalue weighted by Gasteiger charge is 2.24. The fourth-order valence-corrected chi connectivity index (χ4v) is 4.66. The number of aromatic nitrogens is 7. The Hall–Kier alpha value is -3.70. The first-order valence-electron chi connectivity index (χ1n) is 12.7. The zero-order valence-corrected chi connectivity index (χ0v) is 22.0. The largest absolute Gasteiger partial charge is 0.476 e. The summed E-state index contributed by atoms with van der Waals surface area (Å²) < 4.78 is 18.0. The maximum absolute atomic E-state index is 9.97. The van der Waals surface area contributed by atoms with Crippen molar-refractivity contribution in [2.24, 2.45) is 7.05 Å². The SMILES string of the molecule is CCOc1nn([C@@H](C)CO)c2c1/C=C/c1ncc3cnc(cn13)-c1cnn(C)c1O[C@@H](C)CN(CC)C2. The Bertz CT molecular complexity index is 1420. The number of fused-ring (bicyclic) bond motifs is 4. The fourth-order valence-electron chi connectivity index (χ4n) is 4.66. The number of likely N-dealkylation sites (N-methyl/N-ethyl adjacent to an activating group) is 1. The predicted molar refractivity (Wildman–Crippen MR) is 140 cm³/mol. The maximum Gasteiger partial charge on any atom is 0.240 e.